The summed E-state index contributed by atoms with van der Waals surface area (Å²) in [5.74, 6) is 2.22. The topological polar surface area (TPSA) is 66.0 Å². The van der Waals surface area contributed by atoms with E-state index >= 15 is 0 Å². The lowest BCUT2D eigenvalue weighted by atomic mass is 10.1. The third-order valence-corrected chi connectivity index (χ3v) is 5.22. The van der Waals surface area contributed by atoms with Gasteiger partial charge in [-0.05, 0) is 30.5 Å². The van der Waals surface area contributed by atoms with E-state index in [9.17, 15) is 4.79 Å². The van der Waals surface area contributed by atoms with Crippen molar-refractivity contribution in [3.63, 3.8) is 0 Å². The lowest BCUT2D eigenvalue weighted by Gasteiger charge is -2.18. The van der Waals surface area contributed by atoms with Gasteiger partial charge in [-0.15, -0.1) is 0 Å². The second-order valence-corrected chi connectivity index (χ2v) is 7.54. The molecule has 0 aliphatic carbocycles. The van der Waals surface area contributed by atoms with Crippen molar-refractivity contribution in [1.82, 2.24) is 15.5 Å². The van der Waals surface area contributed by atoms with Gasteiger partial charge in [-0.2, -0.15) is 0 Å². The molecule has 0 radical (unpaired) electrons. The van der Waals surface area contributed by atoms with Gasteiger partial charge in [-0.25, -0.2) is 0 Å². The number of amides is 1. The molecule has 6 nitrogen and oxygen atoms in total. The molecule has 1 saturated heterocycles. The minimum absolute atomic E-state index is 0.249. The van der Waals surface area contributed by atoms with E-state index < -0.39 is 0 Å². The van der Waals surface area contributed by atoms with Gasteiger partial charge < -0.3 is 20.3 Å². The van der Waals surface area contributed by atoms with Crippen LogP contribution in [0.5, 0.6) is 5.75 Å². The average Bonchev–Trinajstić information content (AvgIpc) is 3.15. The summed E-state index contributed by atoms with van der Waals surface area (Å²) in [4.78, 5) is 18.6. The van der Waals surface area contributed by atoms with Crippen molar-refractivity contribution in [3.8, 4) is 5.75 Å². The number of nitrogens with zero attached hydrogens (tertiary/aromatic N) is 2. The monoisotopic (exact) mass is 408 g/mol. The summed E-state index contributed by atoms with van der Waals surface area (Å²) in [6.45, 7) is 3.77. The van der Waals surface area contributed by atoms with E-state index in [0.717, 1.165) is 50.7 Å². The fourth-order valence-electron chi connectivity index (χ4n) is 3.56. The number of carbonyl (C=O) groups is 1. The van der Waals surface area contributed by atoms with Crippen LogP contribution in [0.2, 0.25) is 0 Å². The molecular weight excluding hydrogens is 376 g/mol. The standard InChI is InChI=1S/C24H32N4O2/c1-25-24(26-14-8-16-30-22-11-6-3-7-12-22)27-18-21-17-23(29)28(19-21)15-13-20-9-4-2-5-10-20/h2-7,9-12,21H,8,13-19H2,1H3,(H2,25,26,27). The van der Waals surface area contributed by atoms with Crippen molar-refractivity contribution in [2.75, 3.05) is 39.8 Å². The number of para-hydroxylation sites is 1. The highest BCUT2D eigenvalue weighted by Crippen LogP contribution is 2.17. The number of hydrogen-bond acceptors (Lipinski definition) is 3. The first-order valence-electron chi connectivity index (χ1n) is 10.7. The van der Waals surface area contributed by atoms with Gasteiger partial charge in [0.05, 0.1) is 6.61 Å². The van der Waals surface area contributed by atoms with E-state index in [4.69, 9.17) is 4.74 Å². The predicted molar refractivity (Wildman–Crippen MR) is 121 cm³/mol. The summed E-state index contributed by atoms with van der Waals surface area (Å²) in [6.07, 6.45) is 2.38. The summed E-state index contributed by atoms with van der Waals surface area (Å²) in [7, 11) is 1.77. The molecule has 1 fully saturated rings. The maximum Gasteiger partial charge on any atom is 0.223 e. The van der Waals surface area contributed by atoms with Gasteiger partial charge in [-0.1, -0.05) is 48.5 Å². The molecule has 6 heteroatoms. The second-order valence-electron chi connectivity index (χ2n) is 7.54. The third kappa shape index (κ3) is 7.10. The number of likely N-dealkylation sites (tertiary alicyclic amines) is 1. The maximum atomic E-state index is 12.3. The van der Waals surface area contributed by atoms with Crippen LogP contribution in [0.1, 0.15) is 18.4 Å². The molecule has 2 aromatic rings. The SMILES string of the molecule is CN=C(NCCCOc1ccccc1)NCC1CC(=O)N(CCc2ccccc2)C1. The Kier molecular flexibility index (Phi) is 8.57. The number of hydrogen-bond donors (Lipinski definition) is 2. The van der Waals surface area contributed by atoms with Gasteiger partial charge in [0.2, 0.25) is 5.91 Å². The molecule has 0 bridgehead atoms. The van der Waals surface area contributed by atoms with E-state index in [1.807, 2.05) is 53.4 Å². The van der Waals surface area contributed by atoms with Gasteiger partial charge in [0.25, 0.3) is 0 Å². The normalized spacial score (nSPS) is 16.6. The lowest BCUT2D eigenvalue weighted by Crippen LogP contribution is -2.41. The molecule has 1 amide bonds. The van der Waals surface area contributed by atoms with Crippen LogP contribution in [0.25, 0.3) is 0 Å². The zero-order valence-corrected chi connectivity index (χ0v) is 17.7. The highest BCUT2D eigenvalue weighted by atomic mass is 16.5. The molecule has 0 spiro atoms. The Hall–Kier alpha value is -3.02. The van der Waals surface area contributed by atoms with Crippen LogP contribution >= 0.6 is 0 Å². The van der Waals surface area contributed by atoms with Crippen molar-refractivity contribution < 1.29 is 9.53 Å². The summed E-state index contributed by atoms with van der Waals surface area (Å²) in [5, 5.41) is 6.66. The summed E-state index contributed by atoms with van der Waals surface area (Å²) < 4.78 is 5.70. The van der Waals surface area contributed by atoms with Crippen LogP contribution in [0, 0.1) is 5.92 Å². The molecular formula is C24H32N4O2. The first kappa shape index (κ1) is 21.7. The highest BCUT2D eigenvalue weighted by Gasteiger charge is 2.29. The van der Waals surface area contributed by atoms with Crippen LogP contribution in [0.15, 0.2) is 65.7 Å². The molecule has 1 aliphatic heterocycles. The minimum Gasteiger partial charge on any atom is -0.494 e. The van der Waals surface area contributed by atoms with Crippen LogP contribution in [0.4, 0.5) is 0 Å². The van der Waals surface area contributed by atoms with Gasteiger partial charge >= 0.3 is 0 Å². The van der Waals surface area contributed by atoms with Gasteiger partial charge in [0.15, 0.2) is 5.96 Å². The molecule has 160 valence electrons. The Labute approximate surface area is 179 Å². The number of carbonyl (C=O) groups excluding carboxylic acids is 1. The smallest absolute Gasteiger partial charge is 0.223 e. The predicted octanol–water partition coefficient (Wildman–Crippen LogP) is 2.71. The van der Waals surface area contributed by atoms with Crippen molar-refractivity contribution >= 4 is 11.9 Å². The van der Waals surface area contributed by atoms with Gasteiger partial charge in [0, 0.05) is 45.6 Å². The molecule has 1 atom stereocenters. The van der Waals surface area contributed by atoms with E-state index in [1.165, 1.54) is 5.56 Å². The van der Waals surface area contributed by atoms with Crippen LogP contribution in [-0.2, 0) is 11.2 Å². The van der Waals surface area contributed by atoms with Gasteiger partial charge in [-0.3, -0.25) is 9.79 Å². The van der Waals surface area contributed by atoms with Gasteiger partial charge in [0.1, 0.15) is 5.75 Å². The number of nitrogens with one attached hydrogen (secondary N) is 2. The first-order chi connectivity index (χ1) is 14.7. The largest absolute Gasteiger partial charge is 0.494 e. The highest BCUT2D eigenvalue weighted by molar-refractivity contribution is 5.80. The van der Waals surface area contributed by atoms with Crippen LogP contribution < -0.4 is 15.4 Å². The Morgan fingerprint density at radius 3 is 2.57 bits per heavy atom. The summed E-state index contributed by atoms with van der Waals surface area (Å²) >= 11 is 0. The molecule has 1 aliphatic rings. The van der Waals surface area contributed by atoms with E-state index in [-0.39, 0.29) is 5.91 Å². The maximum absolute atomic E-state index is 12.3. The molecule has 1 unspecified atom stereocenters. The number of ether oxygens (including phenoxy) is 1. The minimum atomic E-state index is 0.249. The fourth-order valence-corrected chi connectivity index (χ4v) is 3.56. The Morgan fingerprint density at radius 1 is 1.10 bits per heavy atom. The number of benzene rings is 2. The zero-order chi connectivity index (χ0) is 21.0. The first-order valence-corrected chi connectivity index (χ1v) is 10.7. The van der Waals surface area contributed by atoms with Crippen molar-refractivity contribution in [1.29, 1.82) is 0 Å². The third-order valence-electron chi connectivity index (χ3n) is 5.22. The summed E-state index contributed by atoms with van der Waals surface area (Å²) in [6, 6.07) is 20.2. The quantitative estimate of drug-likeness (QED) is 0.360. The van der Waals surface area contributed by atoms with E-state index in [2.05, 4.69) is 27.8 Å². The molecule has 2 N–H and O–H groups in total. The van der Waals surface area contributed by atoms with Crippen molar-refractivity contribution in [2.45, 2.75) is 19.3 Å². The molecule has 30 heavy (non-hydrogen) atoms. The average molecular weight is 409 g/mol. The Morgan fingerprint density at radius 2 is 1.83 bits per heavy atom. The fraction of sp³-hybridized carbons (Fsp3) is 0.417. The Balaban J connectivity index is 1.30. The van der Waals surface area contributed by atoms with Crippen LogP contribution in [0.3, 0.4) is 0 Å². The van der Waals surface area contributed by atoms with Crippen molar-refractivity contribution in [2.24, 2.45) is 10.9 Å². The van der Waals surface area contributed by atoms with Crippen molar-refractivity contribution in [3.05, 3.63) is 66.2 Å². The van der Waals surface area contributed by atoms with E-state index in [0.29, 0.717) is 18.9 Å². The molecule has 0 saturated carbocycles. The number of guanidine groups is 1. The molecule has 1 heterocycles. The second kappa shape index (κ2) is 11.9. The lowest BCUT2D eigenvalue weighted by molar-refractivity contribution is -0.127. The van der Waals surface area contributed by atoms with Crippen LogP contribution in [-0.4, -0.2) is 56.6 Å². The van der Waals surface area contributed by atoms with E-state index in [1.54, 1.807) is 7.05 Å². The number of aliphatic imine (C=N–C) groups is 1. The Bertz CT molecular complexity index is 795. The molecule has 3 rings (SSSR count). The zero-order valence-electron chi connectivity index (χ0n) is 17.7. The molecule has 2 aromatic carbocycles. The molecule has 0 aromatic heterocycles. The summed E-state index contributed by atoms with van der Waals surface area (Å²) in [5.41, 5.74) is 1.27. The number of rotatable bonds is 10.